The molecule has 0 radical (unpaired) electrons. The monoisotopic (exact) mass is 295 g/mol. The van der Waals surface area contributed by atoms with Crippen LogP contribution in [0.4, 0.5) is 14.9 Å². The Labute approximate surface area is 117 Å². The maximum Gasteiger partial charge on any atom is 0.338 e. The highest BCUT2D eigenvalue weighted by molar-refractivity contribution is 7.09. The maximum atomic E-state index is 13.2. The van der Waals surface area contributed by atoms with Gasteiger partial charge >= 0.3 is 12.0 Å². The van der Waals surface area contributed by atoms with E-state index in [0.29, 0.717) is 0 Å². The summed E-state index contributed by atoms with van der Waals surface area (Å²) in [5, 5.41) is 16.3. The second-order valence-corrected chi connectivity index (χ2v) is 4.71. The highest BCUT2D eigenvalue weighted by Crippen LogP contribution is 2.14. The van der Waals surface area contributed by atoms with Crippen molar-refractivity contribution in [2.45, 2.75) is 6.54 Å². The van der Waals surface area contributed by atoms with Gasteiger partial charge in [-0.15, -0.1) is 11.3 Å². The fourth-order valence-corrected chi connectivity index (χ4v) is 1.99. The van der Waals surface area contributed by atoms with E-state index in [9.17, 15) is 14.0 Å². The molecule has 0 spiro atoms. The number of hydrogen-bond donors (Lipinski definition) is 3. The summed E-state index contributed by atoms with van der Waals surface area (Å²) in [6.45, 7) is 0.260. The molecule has 2 rings (SSSR count). The van der Waals surface area contributed by atoms with Crippen molar-refractivity contribution in [2.75, 3.05) is 5.32 Å². The minimum atomic E-state index is -1.39. The molecule has 0 aliphatic heterocycles. The minimum Gasteiger partial charge on any atom is -0.478 e. The van der Waals surface area contributed by atoms with Crippen LogP contribution >= 0.6 is 11.3 Å². The summed E-state index contributed by atoms with van der Waals surface area (Å²) in [7, 11) is 0. The van der Waals surface area contributed by atoms with Gasteiger partial charge in [-0.2, -0.15) is 0 Å². The Hall–Kier alpha value is -2.48. The molecule has 0 fully saturated rings. The van der Waals surface area contributed by atoms with Crippen molar-refractivity contribution in [3.63, 3.8) is 0 Å². The van der Waals surface area contributed by atoms with E-state index in [2.05, 4.69) is 15.6 Å². The molecular weight excluding hydrogens is 285 g/mol. The molecule has 0 atom stereocenters. The fraction of sp³-hybridized carbons (Fsp3) is 0.0833. The molecule has 0 bridgehead atoms. The van der Waals surface area contributed by atoms with Gasteiger partial charge in [0.2, 0.25) is 0 Å². The van der Waals surface area contributed by atoms with Gasteiger partial charge in [-0.25, -0.2) is 19.0 Å². The van der Waals surface area contributed by atoms with Crippen molar-refractivity contribution in [2.24, 2.45) is 0 Å². The number of thiazole rings is 1. The highest BCUT2D eigenvalue weighted by atomic mass is 32.1. The molecule has 2 amide bonds. The lowest BCUT2D eigenvalue weighted by molar-refractivity contribution is 0.0692. The third-order valence-corrected chi connectivity index (χ3v) is 3.12. The first-order valence-electron chi connectivity index (χ1n) is 5.52. The van der Waals surface area contributed by atoms with Gasteiger partial charge in [0.1, 0.15) is 10.8 Å². The zero-order valence-electron chi connectivity index (χ0n) is 10.1. The van der Waals surface area contributed by atoms with E-state index in [1.165, 1.54) is 17.4 Å². The van der Waals surface area contributed by atoms with Crippen molar-refractivity contribution < 1.29 is 19.1 Å². The number of carbonyl (C=O) groups is 2. The standard InChI is InChI=1S/C12H10FN3O3S/c13-9-2-1-7(5-8(9)11(17)18)16-12(19)15-6-10-14-3-4-20-10/h1-5H,6H2,(H,17,18)(H2,15,16,19). The van der Waals surface area contributed by atoms with Gasteiger partial charge in [0, 0.05) is 17.3 Å². The topological polar surface area (TPSA) is 91.3 Å². The Balaban J connectivity index is 1.97. The van der Waals surface area contributed by atoms with Gasteiger partial charge in [0.15, 0.2) is 0 Å². The zero-order chi connectivity index (χ0) is 14.5. The number of aromatic carboxylic acids is 1. The van der Waals surface area contributed by atoms with E-state index >= 15 is 0 Å². The summed E-state index contributed by atoms with van der Waals surface area (Å²) in [6.07, 6.45) is 1.62. The minimum absolute atomic E-state index is 0.195. The molecule has 20 heavy (non-hydrogen) atoms. The number of nitrogens with one attached hydrogen (secondary N) is 2. The lowest BCUT2D eigenvalue weighted by Crippen LogP contribution is -2.28. The molecule has 8 heteroatoms. The number of urea groups is 1. The van der Waals surface area contributed by atoms with Crippen LogP contribution in [0, 0.1) is 5.82 Å². The van der Waals surface area contributed by atoms with Crippen LogP contribution in [0.2, 0.25) is 0 Å². The van der Waals surface area contributed by atoms with Crippen molar-refractivity contribution in [3.05, 3.63) is 46.2 Å². The summed E-state index contributed by atoms with van der Waals surface area (Å²) in [6, 6.07) is 2.80. The summed E-state index contributed by atoms with van der Waals surface area (Å²) < 4.78 is 13.2. The molecule has 0 aliphatic rings. The van der Waals surface area contributed by atoms with Crippen molar-refractivity contribution >= 4 is 29.0 Å². The van der Waals surface area contributed by atoms with Crippen LogP contribution in [0.15, 0.2) is 29.8 Å². The third-order valence-electron chi connectivity index (χ3n) is 2.34. The van der Waals surface area contributed by atoms with E-state index in [-0.39, 0.29) is 12.2 Å². The molecule has 0 saturated heterocycles. The number of carboxylic acids is 1. The smallest absolute Gasteiger partial charge is 0.338 e. The molecule has 1 aromatic carbocycles. The second-order valence-electron chi connectivity index (χ2n) is 3.73. The number of amides is 2. The van der Waals surface area contributed by atoms with Crippen molar-refractivity contribution in [3.8, 4) is 0 Å². The SMILES string of the molecule is O=C(NCc1nccs1)Nc1ccc(F)c(C(=O)O)c1. The molecular formula is C12H10FN3O3S. The average molecular weight is 295 g/mol. The molecule has 0 saturated carbocycles. The van der Waals surface area contributed by atoms with E-state index in [1.807, 2.05) is 0 Å². The lowest BCUT2D eigenvalue weighted by atomic mass is 10.2. The van der Waals surface area contributed by atoms with Crippen LogP contribution < -0.4 is 10.6 Å². The van der Waals surface area contributed by atoms with E-state index < -0.39 is 23.4 Å². The van der Waals surface area contributed by atoms with Crippen molar-refractivity contribution in [1.82, 2.24) is 10.3 Å². The number of halogens is 1. The van der Waals surface area contributed by atoms with Crippen LogP contribution in [-0.4, -0.2) is 22.1 Å². The molecule has 1 aromatic heterocycles. The van der Waals surface area contributed by atoms with Crippen LogP contribution in [0.1, 0.15) is 15.4 Å². The van der Waals surface area contributed by atoms with Crippen LogP contribution in [0.25, 0.3) is 0 Å². The number of aromatic nitrogens is 1. The van der Waals surface area contributed by atoms with Gasteiger partial charge < -0.3 is 15.7 Å². The van der Waals surface area contributed by atoms with Crippen LogP contribution in [0.5, 0.6) is 0 Å². The third kappa shape index (κ3) is 3.51. The van der Waals surface area contributed by atoms with Gasteiger partial charge in [-0.3, -0.25) is 0 Å². The Bertz CT molecular complexity index is 631. The molecule has 0 unspecified atom stereocenters. The molecule has 0 aliphatic carbocycles. The Morgan fingerprint density at radius 3 is 2.85 bits per heavy atom. The van der Waals surface area contributed by atoms with Crippen molar-refractivity contribution in [1.29, 1.82) is 0 Å². The van der Waals surface area contributed by atoms with Gasteiger partial charge in [-0.05, 0) is 18.2 Å². The van der Waals surface area contributed by atoms with E-state index in [4.69, 9.17) is 5.11 Å². The molecule has 2 aromatic rings. The van der Waals surface area contributed by atoms with Gasteiger partial charge in [-0.1, -0.05) is 0 Å². The van der Waals surface area contributed by atoms with Gasteiger partial charge in [0.25, 0.3) is 0 Å². The molecule has 3 N–H and O–H groups in total. The number of benzene rings is 1. The quantitative estimate of drug-likeness (QED) is 0.807. The van der Waals surface area contributed by atoms with Gasteiger partial charge in [0.05, 0.1) is 12.1 Å². The first kappa shape index (κ1) is 13.9. The molecule has 6 nitrogen and oxygen atoms in total. The second kappa shape index (κ2) is 6.11. The van der Waals surface area contributed by atoms with Crippen LogP contribution in [0.3, 0.4) is 0 Å². The summed E-state index contributed by atoms with van der Waals surface area (Å²) in [5.41, 5.74) is -0.303. The zero-order valence-corrected chi connectivity index (χ0v) is 10.9. The number of nitrogens with zero attached hydrogens (tertiary/aromatic N) is 1. The number of anilines is 1. The highest BCUT2D eigenvalue weighted by Gasteiger charge is 2.12. The Morgan fingerprint density at radius 2 is 2.20 bits per heavy atom. The predicted molar refractivity (Wildman–Crippen MR) is 71.3 cm³/mol. The van der Waals surface area contributed by atoms with Crippen LogP contribution in [-0.2, 0) is 6.54 Å². The summed E-state index contributed by atoms with van der Waals surface area (Å²) in [4.78, 5) is 26.3. The van der Waals surface area contributed by atoms with E-state index in [0.717, 1.165) is 17.1 Å². The fourth-order valence-electron chi connectivity index (χ4n) is 1.44. The number of carbonyl (C=O) groups excluding carboxylic acids is 1. The number of carboxylic acid groups (broad SMARTS) is 1. The number of hydrogen-bond acceptors (Lipinski definition) is 4. The van der Waals surface area contributed by atoms with E-state index in [1.54, 1.807) is 11.6 Å². The number of rotatable bonds is 4. The predicted octanol–water partition coefficient (Wildman–Crippen LogP) is 2.30. The summed E-state index contributed by atoms with van der Waals surface area (Å²) >= 11 is 1.40. The summed E-state index contributed by atoms with van der Waals surface area (Å²) in [5.74, 6) is -2.25. The first-order chi connectivity index (χ1) is 9.56. The first-order valence-corrected chi connectivity index (χ1v) is 6.40. The Morgan fingerprint density at radius 1 is 1.40 bits per heavy atom. The maximum absolute atomic E-state index is 13.2. The molecule has 1 heterocycles. The molecule has 104 valence electrons. The largest absolute Gasteiger partial charge is 0.478 e. The Kier molecular flexibility index (Phi) is 4.26. The average Bonchev–Trinajstić information content (AvgIpc) is 2.91. The lowest BCUT2D eigenvalue weighted by Gasteiger charge is -2.07. The normalized spacial score (nSPS) is 10.1.